The summed E-state index contributed by atoms with van der Waals surface area (Å²) in [5.41, 5.74) is 3.76. The molecular formula is C16H22N2O2. The predicted molar refractivity (Wildman–Crippen MR) is 81.3 cm³/mol. The molecule has 1 aliphatic rings. The van der Waals surface area contributed by atoms with Crippen LogP contribution in [0.25, 0.3) is 11.1 Å². The number of aromatic nitrogens is 1. The minimum absolute atomic E-state index is 0.383. The molecule has 0 saturated heterocycles. The number of nitrogens with one attached hydrogen (secondary N) is 2. The highest BCUT2D eigenvalue weighted by Crippen LogP contribution is 2.26. The first-order valence-electron chi connectivity index (χ1n) is 7.66. The second-order valence-electron chi connectivity index (χ2n) is 5.76. The number of oxazole rings is 1. The Balaban J connectivity index is 1.79. The third-order valence-corrected chi connectivity index (χ3v) is 4.33. The number of benzene rings is 1. The van der Waals surface area contributed by atoms with Gasteiger partial charge in [0.05, 0.1) is 5.52 Å². The smallest absolute Gasteiger partial charge is 0.408 e. The van der Waals surface area contributed by atoms with Gasteiger partial charge >= 0.3 is 5.76 Å². The van der Waals surface area contributed by atoms with E-state index in [-0.39, 0.29) is 5.76 Å². The van der Waals surface area contributed by atoms with E-state index in [1.54, 1.807) is 0 Å². The molecule has 2 aromatic rings. The molecule has 0 amide bonds. The average molecular weight is 274 g/mol. The van der Waals surface area contributed by atoms with E-state index in [4.69, 9.17) is 4.42 Å². The highest BCUT2D eigenvalue weighted by Gasteiger charge is 2.14. The lowest BCUT2D eigenvalue weighted by molar-refractivity contribution is 0.373. The van der Waals surface area contributed by atoms with Gasteiger partial charge in [-0.3, -0.25) is 4.98 Å². The Morgan fingerprint density at radius 3 is 2.85 bits per heavy atom. The summed E-state index contributed by atoms with van der Waals surface area (Å²) in [6.07, 6.45) is 7.70. The molecule has 4 heteroatoms. The van der Waals surface area contributed by atoms with Crippen molar-refractivity contribution in [1.82, 2.24) is 4.98 Å². The molecule has 0 spiro atoms. The molecule has 1 saturated carbocycles. The Labute approximate surface area is 118 Å². The van der Waals surface area contributed by atoms with Gasteiger partial charge in [-0.1, -0.05) is 26.2 Å². The van der Waals surface area contributed by atoms with E-state index in [2.05, 4.69) is 17.2 Å². The molecular weight excluding hydrogens is 252 g/mol. The van der Waals surface area contributed by atoms with Crippen LogP contribution in [0.4, 0.5) is 5.69 Å². The zero-order chi connectivity index (χ0) is 13.9. The largest absolute Gasteiger partial charge is 0.417 e. The van der Waals surface area contributed by atoms with Gasteiger partial charge in [0.2, 0.25) is 0 Å². The summed E-state index contributed by atoms with van der Waals surface area (Å²) < 4.78 is 5.15. The second kappa shape index (κ2) is 5.73. The van der Waals surface area contributed by atoms with Gasteiger partial charge in [-0.05, 0) is 36.8 Å². The molecule has 0 atom stereocenters. The molecule has 4 nitrogen and oxygen atoms in total. The normalized spacial score (nSPS) is 16.6. The molecule has 1 aliphatic carbocycles. The predicted octanol–water partition coefficient (Wildman–Crippen LogP) is 3.68. The summed E-state index contributed by atoms with van der Waals surface area (Å²) >= 11 is 0. The van der Waals surface area contributed by atoms with Crippen molar-refractivity contribution in [3.63, 3.8) is 0 Å². The number of rotatable bonds is 4. The fourth-order valence-corrected chi connectivity index (χ4v) is 3.14. The molecule has 2 N–H and O–H groups in total. The Bertz CT molecular complexity index is 635. The Morgan fingerprint density at radius 1 is 1.30 bits per heavy atom. The summed E-state index contributed by atoms with van der Waals surface area (Å²) in [6.45, 7) is 3.15. The third-order valence-electron chi connectivity index (χ3n) is 4.33. The first kappa shape index (κ1) is 13.3. The van der Waals surface area contributed by atoms with Crippen LogP contribution in [-0.4, -0.2) is 11.5 Å². The van der Waals surface area contributed by atoms with Gasteiger partial charge in [0, 0.05) is 18.3 Å². The SMILES string of the molecule is CCc1cc2[nH]c(=O)oc2cc1NCC1CCCCC1. The van der Waals surface area contributed by atoms with Crippen LogP contribution in [0, 0.1) is 5.92 Å². The maximum atomic E-state index is 11.3. The monoisotopic (exact) mass is 274 g/mol. The van der Waals surface area contributed by atoms with Crippen molar-refractivity contribution >= 4 is 16.8 Å². The van der Waals surface area contributed by atoms with E-state index < -0.39 is 0 Å². The van der Waals surface area contributed by atoms with Gasteiger partial charge in [0.25, 0.3) is 0 Å². The highest BCUT2D eigenvalue weighted by molar-refractivity contribution is 5.79. The summed E-state index contributed by atoms with van der Waals surface area (Å²) in [7, 11) is 0. The minimum atomic E-state index is -0.383. The van der Waals surface area contributed by atoms with Gasteiger partial charge in [-0.25, -0.2) is 4.79 Å². The number of H-pyrrole nitrogens is 1. The van der Waals surface area contributed by atoms with E-state index in [0.29, 0.717) is 5.58 Å². The molecule has 1 heterocycles. The number of aryl methyl sites for hydroxylation is 1. The number of aromatic amines is 1. The Morgan fingerprint density at radius 2 is 2.10 bits per heavy atom. The van der Waals surface area contributed by atoms with Crippen LogP contribution >= 0.6 is 0 Å². The molecule has 0 radical (unpaired) electrons. The fourth-order valence-electron chi connectivity index (χ4n) is 3.14. The van der Waals surface area contributed by atoms with E-state index in [1.807, 2.05) is 12.1 Å². The zero-order valence-corrected chi connectivity index (χ0v) is 12.0. The van der Waals surface area contributed by atoms with Gasteiger partial charge < -0.3 is 9.73 Å². The summed E-state index contributed by atoms with van der Waals surface area (Å²) in [5, 5.41) is 3.56. The van der Waals surface area contributed by atoms with Gasteiger partial charge in [0.1, 0.15) is 0 Å². The lowest BCUT2D eigenvalue weighted by Crippen LogP contribution is -2.17. The number of hydrogen-bond donors (Lipinski definition) is 2. The van der Waals surface area contributed by atoms with E-state index in [1.165, 1.54) is 37.7 Å². The first-order valence-corrected chi connectivity index (χ1v) is 7.66. The molecule has 3 rings (SSSR count). The van der Waals surface area contributed by atoms with Crippen LogP contribution in [0.3, 0.4) is 0 Å². The quantitative estimate of drug-likeness (QED) is 0.894. The van der Waals surface area contributed by atoms with Crippen molar-refractivity contribution in [1.29, 1.82) is 0 Å². The maximum Gasteiger partial charge on any atom is 0.417 e. The topological polar surface area (TPSA) is 58.0 Å². The summed E-state index contributed by atoms with van der Waals surface area (Å²) in [6, 6.07) is 3.97. The van der Waals surface area contributed by atoms with Crippen LogP contribution in [0.2, 0.25) is 0 Å². The number of anilines is 1. The van der Waals surface area contributed by atoms with Crippen molar-refractivity contribution in [3.8, 4) is 0 Å². The number of fused-ring (bicyclic) bond motifs is 1. The van der Waals surface area contributed by atoms with Crippen LogP contribution < -0.4 is 11.1 Å². The van der Waals surface area contributed by atoms with Crippen molar-refractivity contribution in [3.05, 3.63) is 28.2 Å². The lowest BCUT2D eigenvalue weighted by atomic mass is 9.89. The molecule has 1 aromatic carbocycles. The van der Waals surface area contributed by atoms with Crippen molar-refractivity contribution in [2.75, 3.05) is 11.9 Å². The van der Waals surface area contributed by atoms with E-state index in [0.717, 1.165) is 30.1 Å². The van der Waals surface area contributed by atoms with E-state index in [9.17, 15) is 4.79 Å². The van der Waals surface area contributed by atoms with Crippen LogP contribution in [0.5, 0.6) is 0 Å². The lowest BCUT2D eigenvalue weighted by Gasteiger charge is -2.23. The van der Waals surface area contributed by atoms with Crippen LogP contribution in [-0.2, 0) is 6.42 Å². The molecule has 0 unspecified atom stereocenters. The Hall–Kier alpha value is -1.71. The van der Waals surface area contributed by atoms with Crippen molar-refractivity contribution in [2.24, 2.45) is 5.92 Å². The third kappa shape index (κ3) is 2.74. The van der Waals surface area contributed by atoms with Crippen molar-refractivity contribution in [2.45, 2.75) is 45.4 Å². The van der Waals surface area contributed by atoms with Gasteiger partial charge in [0.15, 0.2) is 5.58 Å². The molecule has 0 bridgehead atoms. The summed E-state index contributed by atoms with van der Waals surface area (Å²) in [5.74, 6) is 0.397. The molecule has 1 fully saturated rings. The van der Waals surface area contributed by atoms with E-state index >= 15 is 0 Å². The molecule has 20 heavy (non-hydrogen) atoms. The van der Waals surface area contributed by atoms with Gasteiger partial charge in [-0.2, -0.15) is 0 Å². The average Bonchev–Trinajstić information content (AvgIpc) is 2.84. The molecule has 1 aromatic heterocycles. The second-order valence-corrected chi connectivity index (χ2v) is 5.76. The Kier molecular flexibility index (Phi) is 3.81. The highest BCUT2D eigenvalue weighted by atomic mass is 16.4. The zero-order valence-electron chi connectivity index (χ0n) is 12.0. The number of hydrogen-bond acceptors (Lipinski definition) is 3. The van der Waals surface area contributed by atoms with Crippen LogP contribution in [0.1, 0.15) is 44.6 Å². The molecule has 108 valence electrons. The standard InChI is InChI=1S/C16H22N2O2/c1-2-12-8-14-15(20-16(19)18-14)9-13(12)17-10-11-6-4-3-5-7-11/h8-9,11,17H,2-7,10H2,1H3,(H,18,19). The minimum Gasteiger partial charge on any atom is -0.408 e. The van der Waals surface area contributed by atoms with Crippen LogP contribution in [0.15, 0.2) is 21.3 Å². The van der Waals surface area contributed by atoms with Crippen molar-refractivity contribution < 1.29 is 4.42 Å². The van der Waals surface area contributed by atoms with Gasteiger partial charge in [-0.15, -0.1) is 0 Å². The summed E-state index contributed by atoms with van der Waals surface area (Å²) in [4.78, 5) is 14.0. The first-order chi connectivity index (χ1) is 9.76. The fraction of sp³-hybridized carbons (Fsp3) is 0.562. The maximum absolute atomic E-state index is 11.3. The molecule has 0 aliphatic heterocycles.